The summed E-state index contributed by atoms with van der Waals surface area (Å²) >= 11 is 0. The summed E-state index contributed by atoms with van der Waals surface area (Å²) in [5.41, 5.74) is 4.59. The highest BCUT2D eigenvalue weighted by Gasteiger charge is 2.11. The lowest BCUT2D eigenvalue weighted by Gasteiger charge is -2.08. The van der Waals surface area contributed by atoms with E-state index in [2.05, 4.69) is 66.7 Å². The molecule has 21 heavy (non-hydrogen) atoms. The summed E-state index contributed by atoms with van der Waals surface area (Å²) in [5, 5.41) is 4.95. The van der Waals surface area contributed by atoms with Gasteiger partial charge in [0.2, 0.25) is 0 Å². The van der Waals surface area contributed by atoms with E-state index < -0.39 is 0 Å². The summed E-state index contributed by atoms with van der Waals surface area (Å²) < 4.78 is 0. The first-order chi connectivity index (χ1) is 10.3. The second-order valence-corrected chi connectivity index (χ2v) is 5.23. The van der Waals surface area contributed by atoms with Crippen molar-refractivity contribution in [1.29, 1.82) is 0 Å². The van der Waals surface area contributed by atoms with E-state index in [1.54, 1.807) is 0 Å². The van der Waals surface area contributed by atoms with Crippen molar-refractivity contribution in [3.63, 3.8) is 0 Å². The first-order valence-corrected chi connectivity index (χ1v) is 7.04. The molecule has 0 atom stereocenters. The molecule has 0 aliphatic carbocycles. The summed E-state index contributed by atoms with van der Waals surface area (Å²) in [5.74, 6) is 0. The van der Waals surface area contributed by atoms with Gasteiger partial charge in [-0.2, -0.15) is 0 Å². The van der Waals surface area contributed by atoms with Gasteiger partial charge in [0.1, 0.15) is 0 Å². The Balaban J connectivity index is 2.32. The Bertz CT molecular complexity index is 1020. The lowest BCUT2D eigenvalue weighted by atomic mass is 9.96. The van der Waals surface area contributed by atoms with Crippen molar-refractivity contribution >= 4 is 44.7 Å². The van der Waals surface area contributed by atoms with E-state index in [0.29, 0.717) is 0 Å². The minimum absolute atomic E-state index is 1.11. The van der Waals surface area contributed by atoms with Crippen LogP contribution < -0.4 is 0 Å². The lowest BCUT2D eigenvalue weighted by Crippen LogP contribution is -1.85. The van der Waals surface area contributed by atoms with Crippen molar-refractivity contribution in [2.75, 3.05) is 0 Å². The molecule has 0 aliphatic rings. The fraction of sp³-hybridized carbons (Fsp3) is 0. The topological polar surface area (TPSA) is 15.8 Å². The summed E-state index contributed by atoms with van der Waals surface area (Å²) in [7, 11) is 0. The van der Waals surface area contributed by atoms with Crippen LogP contribution in [0.2, 0.25) is 0 Å². The molecular weight excluding hydrogens is 254 g/mol. The number of hydrogen-bond acceptors (Lipinski definition) is 0. The van der Waals surface area contributed by atoms with Gasteiger partial charge >= 0.3 is 0 Å². The predicted octanol–water partition coefficient (Wildman–Crippen LogP) is 5.76. The van der Waals surface area contributed by atoms with Crippen LogP contribution in [0.4, 0.5) is 0 Å². The van der Waals surface area contributed by atoms with Crippen molar-refractivity contribution in [3.05, 3.63) is 72.8 Å². The maximum Gasteiger partial charge on any atom is 0.0550 e. The third kappa shape index (κ3) is 1.58. The zero-order valence-corrected chi connectivity index (χ0v) is 11.7. The molecule has 0 spiro atoms. The van der Waals surface area contributed by atoms with Gasteiger partial charge in [0.25, 0.3) is 0 Å². The summed E-state index contributed by atoms with van der Waals surface area (Å²) in [6.07, 6.45) is 3.81. The van der Waals surface area contributed by atoms with Crippen LogP contribution in [0.25, 0.3) is 44.7 Å². The molecule has 0 unspecified atom stereocenters. The largest absolute Gasteiger partial charge is 0.354 e. The van der Waals surface area contributed by atoms with Crippen molar-refractivity contribution in [2.24, 2.45) is 0 Å². The van der Waals surface area contributed by atoms with Gasteiger partial charge in [0.15, 0.2) is 0 Å². The number of H-pyrrole nitrogens is 1. The smallest absolute Gasteiger partial charge is 0.0550 e. The minimum Gasteiger partial charge on any atom is -0.354 e. The van der Waals surface area contributed by atoms with Crippen LogP contribution in [0.5, 0.6) is 0 Å². The molecule has 0 radical (unpaired) electrons. The maximum absolute atomic E-state index is 3.99. The Morgan fingerprint density at radius 1 is 0.810 bits per heavy atom. The van der Waals surface area contributed by atoms with Gasteiger partial charge in [0.05, 0.1) is 5.52 Å². The van der Waals surface area contributed by atoms with Gasteiger partial charge < -0.3 is 4.98 Å². The normalized spacial score (nSPS) is 11.2. The lowest BCUT2D eigenvalue weighted by molar-refractivity contribution is 1.56. The predicted molar refractivity (Wildman–Crippen MR) is 93.5 cm³/mol. The molecule has 0 aliphatic heterocycles. The Hall–Kier alpha value is -2.80. The van der Waals surface area contributed by atoms with Crippen LogP contribution >= 0.6 is 0 Å². The second kappa shape index (κ2) is 4.35. The highest BCUT2D eigenvalue weighted by molar-refractivity contribution is 6.19. The average molecular weight is 269 g/mol. The molecule has 3 aromatic carbocycles. The van der Waals surface area contributed by atoms with Gasteiger partial charge in [0, 0.05) is 21.7 Å². The van der Waals surface area contributed by atoms with Crippen LogP contribution in [-0.2, 0) is 0 Å². The molecule has 0 amide bonds. The van der Waals surface area contributed by atoms with E-state index in [1.165, 1.54) is 32.6 Å². The van der Waals surface area contributed by atoms with E-state index in [-0.39, 0.29) is 0 Å². The van der Waals surface area contributed by atoms with Crippen LogP contribution in [0.3, 0.4) is 0 Å². The van der Waals surface area contributed by atoms with Gasteiger partial charge in [-0.1, -0.05) is 67.8 Å². The molecule has 0 saturated carbocycles. The molecule has 4 aromatic rings. The number of para-hydroxylation sites is 1. The maximum atomic E-state index is 3.99. The second-order valence-electron chi connectivity index (χ2n) is 5.23. The van der Waals surface area contributed by atoms with Crippen LogP contribution in [-0.4, -0.2) is 4.98 Å². The van der Waals surface area contributed by atoms with Crippen molar-refractivity contribution in [3.8, 4) is 0 Å². The Labute approximate surface area is 123 Å². The number of aromatic amines is 1. The van der Waals surface area contributed by atoms with E-state index in [9.17, 15) is 0 Å². The molecule has 0 bridgehead atoms. The van der Waals surface area contributed by atoms with E-state index >= 15 is 0 Å². The molecule has 100 valence electrons. The van der Waals surface area contributed by atoms with E-state index in [4.69, 9.17) is 0 Å². The molecule has 1 aromatic heterocycles. The minimum atomic E-state index is 1.11. The molecule has 1 heteroatoms. The number of fused-ring (bicyclic) bond motifs is 5. The van der Waals surface area contributed by atoms with Gasteiger partial charge in [-0.05, 0) is 22.6 Å². The first-order valence-electron chi connectivity index (χ1n) is 7.04. The highest BCUT2D eigenvalue weighted by atomic mass is 14.7. The van der Waals surface area contributed by atoms with Crippen molar-refractivity contribution < 1.29 is 0 Å². The van der Waals surface area contributed by atoms with Crippen LogP contribution in [0, 0.1) is 0 Å². The van der Waals surface area contributed by atoms with Crippen LogP contribution in [0.15, 0.2) is 61.7 Å². The van der Waals surface area contributed by atoms with Gasteiger partial charge in [-0.3, -0.25) is 0 Å². The van der Waals surface area contributed by atoms with Crippen molar-refractivity contribution in [2.45, 2.75) is 0 Å². The molecule has 0 fully saturated rings. The molecular formula is C20H15N. The fourth-order valence-electron chi connectivity index (χ4n) is 3.18. The Morgan fingerprint density at radius 3 is 2.43 bits per heavy atom. The summed E-state index contributed by atoms with van der Waals surface area (Å²) in [6.45, 7) is 7.90. The van der Waals surface area contributed by atoms with Gasteiger partial charge in [-0.25, -0.2) is 0 Å². The summed E-state index contributed by atoms with van der Waals surface area (Å²) in [4.78, 5) is 3.56. The Kier molecular flexibility index (Phi) is 2.48. The highest BCUT2D eigenvalue weighted by Crippen LogP contribution is 2.34. The number of benzene rings is 3. The van der Waals surface area contributed by atoms with Gasteiger partial charge in [-0.15, -0.1) is 0 Å². The van der Waals surface area contributed by atoms with Crippen molar-refractivity contribution in [1.82, 2.24) is 4.98 Å². The monoisotopic (exact) mass is 269 g/mol. The number of aromatic nitrogens is 1. The number of nitrogens with one attached hydrogen (secondary N) is 1. The average Bonchev–Trinajstić information content (AvgIpc) is 2.92. The number of rotatable bonds is 2. The number of hydrogen-bond donors (Lipinski definition) is 1. The SMILES string of the molecule is C=Cc1ccc2ccc3c4ccccc4[nH]c3c2c1C=C. The molecule has 4 rings (SSSR count). The fourth-order valence-corrected chi connectivity index (χ4v) is 3.18. The molecule has 0 saturated heterocycles. The van der Waals surface area contributed by atoms with Crippen LogP contribution in [0.1, 0.15) is 11.1 Å². The third-order valence-electron chi connectivity index (χ3n) is 4.16. The quantitative estimate of drug-likeness (QED) is 0.476. The standard InChI is InChI=1S/C20H15N/c1-3-13-9-10-14-11-12-17-16-7-5-6-8-18(16)21-20(17)19(14)15(13)4-2/h3-12,21H,1-2H2. The molecule has 1 N–H and O–H groups in total. The Morgan fingerprint density at radius 2 is 1.62 bits per heavy atom. The van der Waals surface area contributed by atoms with E-state index in [0.717, 1.165) is 11.1 Å². The molecule has 1 heterocycles. The zero-order chi connectivity index (χ0) is 14.4. The first kappa shape index (κ1) is 12.0. The zero-order valence-electron chi connectivity index (χ0n) is 11.7. The third-order valence-corrected chi connectivity index (χ3v) is 4.16. The summed E-state index contributed by atoms with van der Waals surface area (Å²) in [6, 6.07) is 17.0. The molecule has 1 nitrogen and oxygen atoms in total. The van der Waals surface area contributed by atoms with E-state index in [1.807, 2.05) is 12.2 Å².